The van der Waals surface area contributed by atoms with Crippen molar-refractivity contribution in [1.29, 1.82) is 0 Å². The van der Waals surface area contributed by atoms with Crippen LogP contribution in [0.3, 0.4) is 0 Å². The van der Waals surface area contributed by atoms with Crippen molar-refractivity contribution in [3.05, 3.63) is 103 Å². The summed E-state index contributed by atoms with van der Waals surface area (Å²) < 4.78 is 11.2. The van der Waals surface area contributed by atoms with Gasteiger partial charge in [0.2, 0.25) is 0 Å². The highest BCUT2D eigenvalue weighted by Crippen LogP contribution is 2.21. The zero-order valence-electron chi connectivity index (χ0n) is 15.2. The topological polar surface area (TPSA) is 59.9 Å². The van der Waals surface area contributed by atoms with E-state index in [1.54, 1.807) is 36.6 Å². The van der Waals surface area contributed by atoms with Crippen molar-refractivity contribution >= 4 is 12.1 Å². The molecular weight excluding hydrogens is 352 g/mol. The number of nitrogens with zero attached hydrogens (tertiary/aromatic N) is 1. The van der Waals surface area contributed by atoms with Crippen molar-refractivity contribution in [2.75, 3.05) is 6.61 Å². The van der Waals surface area contributed by atoms with Crippen LogP contribution in [0.4, 0.5) is 0 Å². The number of para-hydroxylation sites is 1. The van der Waals surface area contributed by atoms with E-state index in [1.165, 1.54) is 0 Å². The average Bonchev–Trinajstić information content (AvgIpc) is 2.73. The number of carbonyl (C=O) groups is 1. The van der Waals surface area contributed by atoms with E-state index < -0.39 is 0 Å². The molecule has 5 nitrogen and oxygen atoms in total. The van der Waals surface area contributed by atoms with Gasteiger partial charge in [-0.1, -0.05) is 43.0 Å². The summed E-state index contributed by atoms with van der Waals surface area (Å²) in [5.41, 5.74) is 3.81. The Kier molecular flexibility index (Phi) is 6.57. The van der Waals surface area contributed by atoms with Crippen LogP contribution in [0.5, 0.6) is 17.2 Å². The minimum absolute atomic E-state index is 0.303. The van der Waals surface area contributed by atoms with Gasteiger partial charge in [-0.25, -0.2) is 5.43 Å². The molecule has 0 radical (unpaired) electrons. The molecule has 1 N–H and O–H groups in total. The molecule has 0 heterocycles. The Morgan fingerprint density at radius 1 is 0.929 bits per heavy atom. The molecule has 0 saturated heterocycles. The molecule has 0 aromatic heterocycles. The number of benzene rings is 3. The van der Waals surface area contributed by atoms with Crippen molar-refractivity contribution in [2.45, 2.75) is 0 Å². The average molecular weight is 372 g/mol. The number of rotatable bonds is 8. The summed E-state index contributed by atoms with van der Waals surface area (Å²) in [4.78, 5) is 12.2. The van der Waals surface area contributed by atoms with Crippen LogP contribution < -0.4 is 14.9 Å². The molecule has 0 aliphatic heterocycles. The van der Waals surface area contributed by atoms with Gasteiger partial charge in [0.1, 0.15) is 23.9 Å². The molecule has 0 unspecified atom stereocenters. The summed E-state index contributed by atoms with van der Waals surface area (Å²) in [6.45, 7) is 4.01. The highest BCUT2D eigenvalue weighted by Gasteiger charge is 2.04. The van der Waals surface area contributed by atoms with Gasteiger partial charge in [-0.05, 0) is 54.1 Å². The molecule has 0 aliphatic rings. The zero-order chi connectivity index (χ0) is 19.6. The molecular formula is C23H20N2O3. The molecule has 28 heavy (non-hydrogen) atoms. The predicted molar refractivity (Wildman–Crippen MR) is 110 cm³/mol. The fraction of sp³-hybridized carbons (Fsp3) is 0.0435. The van der Waals surface area contributed by atoms with Crippen LogP contribution in [0.25, 0.3) is 0 Å². The SMILES string of the molecule is C=CCOc1ccc(C(=O)N/N=C/c2cccc(Oc3ccccc3)c2)cc1. The fourth-order valence-electron chi connectivity index (χ4n) is 2.37. The Bertz CT molecular complexity index is 951. The van der Waals surface area contributed by atoms with Gasteiger partial charge in [0.25, 0.3) is 5.91 Å². The molecule has 0 atom stereocenters. The van der Waals surface area contributed by atoms with E-state index in [2.05, 4.69) is 17.1 Å². The van der Waals surface area contributed by atoms with Crippen LogP contribution in [-0.2, 0) is 0 Å². The van der Waals surface area contributed by atoms with Crippen molar-refractivity contribution in [2.24, 2.45) is 5.10 Å². The Morgan fingerprint density at radius 3 is 2.43 bits per heavy atom. The number of hydrogen-bond donors (Lipinski definition) is 1. The maximum absolute atomic E-state index is 12.2. The lowest BCUT2D eigenvalue weighted by molar-refractivity contribution is 0.0955. The minimum Gasteiger partial charge on any atom is -0.490 e. The third-order valence-electron chi connectivity index (χ3n) is 3.70. The third kappa shape index (κ3) is 5.57. The van der Waals surface area contributed by atoms with Gasteiger partial charge in [-0.2, -0.15) is 5.10 Å². The van der Waals surface area contributed by atoms with E-state index in [0.29, 0.717) is 23.7 Å². The molecule has 1 amide bonds. The largest absolute Gasteiger partial charge is 0.490 e. The second-order valence-corrected chi connectivity index (χ2v) is 5.81. The normalized spacial score (nSPS) is 10.4. The zero-order valence-corrected chi connectivity index (χ0v) is 15.2. The summed E-state index contributed by atoms with van der Waals surface area (Å²) in [7, 11) is 0. The molecule has 0 saturated carbocycles. The molecule has 140 valence electrons. The summed E-state index contributed by atoms with van der Waals surface area (Å²) >= 11 is 0. The number of carbonyl (C=O) groups excluding carboxylic acids is 1. The third-order valence-corrected chi connectivity index (χ3v) is 3.70. The van der Waals surface area contributed by atoms with Crippen LogP contribution >= 0.6 is 0 Å². The van der Waals surface area contributed by atoms with E-state index in [4.69, 9.17) is 9.47 Å². The lowest BCUT2D eigenvalue weighted by Gasteiger charge is -2.06. The Hall–Kier alpha value is -3.86. The quantitative estimate of drug-likeness (QED) is 0.351. The van der Waals surface area contributed by atoms with Crippen LogP contribution in [0.15, 0.2) is 96.6 Å². The predicted octanol–water partition coefficient (Wildman–Crippen LogP) is 4.81. The van der Waals surface area contributed by atoms with Crippen LogP contribution in [0.1, 0.15) is 15.9 Å². The molecule has 0 spiro atoms. The number of nitrogens with one attached hydrogen (secondary N) is 1. The van der Waals surface area contributed by atoms with Crippen LogP contribution in [0, 0.1) is 0 Å². The van der Waals surface area contributed by atoms with Gasteiger partial charge in [-0.15, -0.1) is 0 Å². The van der Waals surface area contributed by atoms with Crippen molar-refractivity contribution in [1.82, 2.24) is 5.43 Å². The molecule has 0 fully saturated rings. The smallest absolute Gasteiger partial charge is 0.271 e. The van der Waals surface area contributed by atoms with E-state index in [9.17, 15) is 4.79 Å². The molecule has 3 rings (SSSR count). The standard InChI is InChI=1S/C23H20N2O3/c1-2-15-27-20-13-11-19(12-14-20)23(26)25-24-17-18-7-6-10-22(16-18)28-21-8-4-3-5-9-21/h2-14,16-17H,1,15H2,(H,25,26)/b24-17+. The highest BCUT2D eigenvalue weighted by molar-refractivity contribution is 5.95. The van der Waals surface area contributed by atoms with E-state index in [-0.39, 0.29) is 5.91 Å². The number of amides is 1. The first-order valence-corrected chi connectivity index (χ1v) is 8.75. The summed E-state index contributed by atoms with van der Waals surface area (Å²) in [6, 6.07) is 23.8. The van der Waals surface area contributed by atoms with Crippen molar-refractivity contribution in [3.63, 3.8) is 0 Å². The summed E-state index contributed by atoms with van der Waals surface area (Å²) in [6.07, 6.45) is 3.23. The van der Waals surface area contributed by atoms with Gasteiger partial charge in [-0.3, -0.25) is 4.79 Å². The number of ether oxygens (including phenoxy) is 2. The maximum Gasteiger partial charge on any atom is 0.271 e. The summed E-state index contributed by atoms with van der Waals surface area (Å²) in [5, 5.41) is 4.01. The second-order valence-electron chi connectivity index (χ2n) is 5.81. The van der Waals surface area contributed by atoms with Gasteiger partial charge < -0.3 is 9.47 Å². The maximum atomic E-state index is 12.2. The number of hydrazone groups is 1. The molecule has 0 aliphatic carbocycles. The van der Waals surface area contributed by atoms with Crippen molar-refractivity contribution in [3.8, 4) is 17.2 Å². The highest BCUT2D eigenvalue weighted by atomic mass is 16.5. The fourth-order valence-corrected chi connectivity index (χ4v) is 2.37. The van der Waals surface area contributed by atoms with Crippen LogP contribution in [0.2, 0.25) is 0 Å². The monoisotopic (exact) mass is 372 g/mol. The van der Waals surface area contributed by atoms with E-state index in [1.807, 2.05) is 54.6 Å². The van der Waals surface area contributed by atoms with E-state index >= 15 is 0 Å². The first-order chi connectivity index (χ1) is 13.7. The molecule has 5 heteroatoms. The lowest BCUT2D eigenvalue weighted by Crippen LogP contribution is -2.17. The Balaban J connectivity index is 1.57. The molecule has 3 aromatic rings. The van der Waals surface area contributed by atoms with Gasteiger partial charge >= 0.3 is 0 Å². The second kappa shape index (κ2) is 9.73. The Labute approximate surface area is 163 Å². The lowest BCUT2D eigenvalue weighted by atomic mass is 10.2. The Morgan fingerprint density at radius 2 is 1.68 bits per heavy atom. The minimum atomic E-state index is -0.303. The van der Waals surface area contributed by atoms with Gasteiger partial charge in [0, 0.05) is 5.56 Å². The van der Waals surface area contributed by atoms with Crippen molar-refractivity contribution < 1.29 is 14.3 Å². The number of hydrogen-bond acceptors (Lipinski definition) is 4. The van der Waals surface area contributed by atoms with Gasteiger partial charge in [0.05, 0.1) is 6.21 Å². The molecule has 0 bridgehead atoms. The summed E-state index contributed by atoms with van der Waals surface area (Å²) in [5.74, 6) is 1.82. The molecule has 3 aromatic carbocycles. The van der Waals surface area contributed by atoms with Gasteiger partial charge in [0.15, 0.2) is 0 Å². The first kappa shape index (κ1) is 18.9. The van der Waals surface area contributed by atoms with Crippen LogP contribution in [-0.4, -0.2) is 18.7 Å². The van der Waals surface area contributed by atoms with E-state index in [0.717, 1.165) is 11.3 Å². The first-order valence-electron chi connectivity index (χ1n) is 8.75.